The van der Waals surface area contributed by atoms with Crippen molar-refractivity contribution in [3.8, 4) is 23.0 Å². The Morgan fingerprint density at radius 3 is 1.50 bits per heavy atom. The first kappa shape index (κ1) is 26.0. The topological polar surface area (TPSA) is 134 Å². The van der Waals surface area contributed by atoms with E-state index in [4.69, 9.17) is 18.9 Å². The maximum atomic E-state index is 12.4. The van der Waals surface area contributed by atoms with Crippen molar-refractivity contribution in [1.29, 1.82) is 0 Å². The summed E-state index contributed by atoms with van der Waals surface area (Å²) in [7, 11) is 0. The van der Waals surface area contributed by atoms with E-state index in [0.29, 0.717) is 12.0 Å². The zero-order valence-corrected chi connectivity index (χ0v) is 19.3. The number of hydrogen-bond donors (Lipinski definition) is 1. The van der Waals surface area contributed by atoms with Crippen LogP contribution in [-0.2, 0) is 36.8 Å². The summed E-state index contributed by atoms with van der Waals surface area (Å²) in [5.41, 5.74) is 1.29. The molecule has 2 rings (SSSR count). The van der Waals surface area contributed by atoms with Crippen molar-refractivity contribution in [3.63, 3.8) is 0 Å². The molecule has 0 saturated heterocycles. The van der Waals surface area contributed by atoms with E-state index in [1.54, 1.807) is 18.2 Å². The van der Waals surface area contributed by atoms with E-state index in [-0.39, 0.29) is 41.9 Å². The molecule has 0 spiro atoms. The number of nitrogens with one attached hydrogen (secondary N) is 1. The summed E-state index contributed by atoms with van der Waals surface area (Å²) in [6.45, 7) is 5.18. The molecule has 180 valence electrons. The van der Waals surface area contributed by atoms with Crippen LogP contribution in [0.25, 0.3) is 0 Å². The molecule has 0 aliphatic carbocycles. The van der Waals surface area contributed by atoms with Crippen LogP contribution in [0.4, 0.5) is 0 Å². The number of rotatable bonds is 9. The average Bonchev–Trinajstić information content (AvgIpc) is 2.70. The Kier molecular flexibility index (Phi) is 9.30. The van der Waals surface area contributed by atoms with Crippen LogP contribution in [0.3, 0.4) is 0 Å². The predicted octanol–water partition coefficient (Wildman–Crippen LogP) is 2.29. The van der Waals surface area contributed by atoms with Crippen molar-refractivity contribution in [2.45, 2.75) is 40.5 Å². The number of carbonyl (C=O) groups is 5. The molecule has 0 fully saturated rings. The number of amides is 1. The minimum atomic E-state index is -0.595. The monoisotopic (exact) mass is 471 g/mol. The van der Waals surface area contributed by atoms with Gasteiger partial charge in [0.2, 0.25) is 5.91 Å². The SMILES string of the molecule is CC(=O)Oc1ccc(CCNC(=O)Cc2ccc(OC(C)=O)c(OC(C)=O)c2)cc1OC(C)=O. The quantitative estimate of drug-likeness (QED) is 0.432. The first-order chi connectivity index (χ1) is 16.0. The highest BCUT2D eigenvalue weighted by Gasteiger charge is 2.14. The van der Waals surface area contributed by atoms with Gasteiger partial charge in [-0.15, -0.1) is 0 Å². The molecule has 34 heavy (non-hydrogen) atoms. The molecular weight excluding hydrogens is 446 g/mol. The lowest BCUT2D eigenvalue weighted by Crippen LogP contribution is -2.27. The van der Waals surface area contributed by atoms with Gasteiger partial charge in [0.05, 0.1) is 6.42 Å². The summed E-state index contributed by atoms with van der Waals surface area (Å²) >= 11 is 0. The normalized spacial score (nSPS) is 10.1. The van der Waals surface area contributed by atoms with Crippen LogP contribution in [0.15, 0.2) is 36.4 Å². The highest BCUT2D eigenvalue weighted by atomic mass is 16.6. The fourth-order valence-corrected chi connectivity index (χ4v) is 2.91. The van der Waals surface area contributed by atoms with E-state index < -0.39 is 23.9 Å². The first-order valence-electron chi connectivity index (χ1n) is 10.3. The van der Waals surface area contributed by atoms with Crippen molar-refractivity contribution in [2.75, 3.05) is 6.54 Å². The maximum Gasteiger partial charge on any atom is 0.308 e. The number of carbonyl (C=O) groups excluding carboxylic acids is 5. The van der Waals surface area contributed by atoms with E-state index >= 15 is 0 Å². The summed E-state index contributed by atoms with van der Waals surface area (Å²) in [4.78, 5) is 57.4. The van der Waals surface area contributed by atoms with Crippen LogP contribution in [0.2, 0.25) is 0 Å². The molecule has 2 aromatic carbocycles. The summed E-state index contributed by atoms with van der Waals surface area (Å²) in [5, 5.41) is 2.77. The summed E-state index contributed by atoms with van der Waals surface area (Å²) in [6, 6.07) is 9.26. The maximum absolute atomic E-state index is 12.4. The predicted molar refractivity (Wildman–Crippen MR) is 119 cm³/mol. The zero-order valence-electron chi connectivity index (χ0n) is 19.3. The van der Waals surface area contributed by atoms with Crippen molar-refractivity contribution < 1.29 is 42.9 Å². The number of hydrogen-bond acceptors (Lipinski definition) is 9. The summed E-state index contributed by atoms with van der Waals surface area (Å²) in [5.74, 6) is -2.22. The molecule has 10 heteroatoms. The smallest absolute Gasteiger partial charge is 0.308 e. The minimum Gasteiger partial charge on any atom is -0.423 e. The Bertz CT molecular complexity index is 1110. The fraction of sp³-hybridized carbons (Fsp3) is 0.292. The van der Waals surface area contributed by atoms with E-state index in [2.05, 4.69) is 5.32 Å². The standard InChI is InChI=1S/C24H25NO9/c1-14(26)31-20-7-5-18(11-22(20)33-16(3)28)9-10-25-24(30)13-19-6-8-21(32-15(2)27)23(12-19)34-17(4)29/h5-8,11-12H,9-10,13H2,1-4H3,(H,25,30). The van der Waals surface area contributed by atoms with Gasteiger partial charge >= 0.3 is 23.9 Å². The third-order valence-corrected chi connectivity index (χ3v) is 4.13. The Morgan fingerprint density at radius 1 is 0.618 bits per heavy atom. The molecule has 2 aromatic rings. The van der Waals surface area contributed by atoms with Gasteiger partial charge in [-0.3, -0.25) is 24.0 Å². The molecule has 0 saturated carbocycles. The molecule has 0 atom stereocenters. The highest BCUT2D eigenvalue weighted by Crippen LogP contribution is 2.30. The molecule has 0 radical (unpaired) electrons. The van der Waals surface area contributed by atoms with Crippen LogP contribution in [0, 0.1) is 0 Å². The minimum absolute atomic E-state index is 0.00129. The molecule has 0 bridgehead atoms. The van der Waals surface area contributed by atoms with Gasteiger partial charge in [-0.25, -0.2) is 0 Å². The van der Waals surface area contributed by atoms with Gasteiger partial charge in [0.1, 0.15) is 0 Å². The van der Waals surface area contributed by atoms with Crippen molar-refractivity contribution in [2.24, 2.45) is 0 Å². The number of esters is 4. The van der Waals surface area contributed by atoms with Gasteiger partial charge in [-0.05, 0) is 41.8 Å². The lowest BCUT2D eigenvalue weighted by atomic mass is 10.1. The Balaban J connectivity index is 2.00. The van der Waals surface area contributed by atoms with Gasteiger partial charge in [0.25, 0.3) is 0 Å². The molecule has 0 heterocycles. The molecule has 10 nitrogen and oxygen atoms in total. The molecule has 0 aromatic heterocycles. The second kappa shape index (κ2) is 12.1. The zero-order chi connectivity index (χ0) is 25.3. The van der Waals surface area contributed by atoms with Crippen molar-refractivity contribution >= 4 is 29.8 Å². The second-order valence-corrected chi connectivity index (χ2v) is 7.21. The molecule has 1 amide bonds. The summed E-state index contributed by atoms with van der Waals surface area (Å²) in [6.07, 6.45) is 0.420. The fourth-order valence-electron chi connectivity index (χ4n) is 2.91. The highest BCUT2D eigenvalue weighted by molar-refractivity contribution is 5.79. The van der Waals surface area contributed by atoms with Crippen LogP contribution in [0.1, 0.15) is 38.8 Å². The third-order valence-electron chi connectivity index (χ3n) is 4.13. The Labute approximate surface area is 196 Å². The lowest BCUT2D eigenvalue weighted by Gasteiger charge is -2.12. The lowest BCUT2D eigenvalue weighted by molar-refractivity contribution is -0.134. The van der Waals surface area contributed by atoms with Gasteiger partial charge in [0.15, 0.2) is 23.0 Å². The largest absolute Gasteiger partial charge is 0.423 e. The van der Waals surface area contributed by atoms with Crippen LogP contribution in [0.5, 0.6) is 23.0 Å². The van der Waals surface area contributed by atoms with Crippen LogP contribution in [-0.4, -0.2) is 36.3 Å². The van der Waals surface area contributed by atoms with Gasteiger partial charge in [-0.2, -0.15) is 0 Å². The average molecular weight is 471 g/mol. The second-order valence-electron chi connectivity index (χ2n) is 7.21. The molecule has 0 aliphatic heterocycles. The van der Waals surface area contributed by atoms with Crippen molar-refractivity contribution in [3.05, 3.63) is 47.5 Å². The van der Waals surface area contributed by atoms with E-state index in [1.807, 2.05) is 0 Å². The van der Waals surface area contributed by atoms with Gasteiger partial charge in [0, 0.05) is 34.2 Å². The Morgan fingerprint density at radius 2 is 1.03 bits per heavy atom. The summed E-state index contributed by atoms with van der Waals surface area (Å²) < 4.78 is 20.2. The van der Waals surface area contributed by atoms with E-state index in [9.17, 15) is 24.0 Å². The molecule has 0 aliphatic rings. The molecule has 0 unspecified atom stereocenters. The van der Waals surface area contributed by atoms with Crippen LogP contribution >= 0.6 is 0 Å². The van der Waals surface area contributed by atoms with Gasteiger partial charge in [-0.1, -0.05) is 12.1 Å². The van der Waals surface area contributed by atoms with E-state index in [0.717, 1.165) is 5.56 Å². The molecule has 1 N–H and O–H groups in total. The first-order valence-corrected chi connectivity index (χ1v) is 10.3. The van der Waals surface area contributed by atoms with Gasteiger partial charge < -0.3 is 24.3 Å². The molecular formula is C24H25NO9. The van der Waals surface area contributed by atoms with E-state index in [1.165, 1.54) is 45.9 Å². The van der Waals surface area contributed by atoms with Crippen molar-refractivity contribution in [1.82, 2.24) is 5.32 Å². The third kappa shape index (κ3) is 8.73. The Hall–Kier alpha value is -4.21. The number of ether oxygens (including phenoxy) is 4. The number of benzene rings is 2. The van der Waals surface area contributed by atoms with Crippen LogP contribution < -0.4 is 24.3 Å².